The van der Waals surface area contributed by atoms with E-state index in [1.54, 1.807) is 6.92 Å². The van der Waals surface area contributed by atoms with Gasteiger partial charge < -0.3 is 15.4 Å². The zero-order valence-corrected chi connectivity index (χ0v) is 11.3. The number of rotatable bonds is 4. The van der Waals surface area contributed by atoms with Crippen molar-refractivity contribution < 1.29 is 5.11 Å². The van der Waals surface area contributed by atoms with Crippen LogP contribution in [0.3, 0.4) is 0 Å². The first kappa shape index (κ1) is 13.1. The third-order valence-electron chi connectivity index (χ3n) is 3.28. The second-order valence-electron chi connectivity index (χ2n) is 5.14. The Bertz CT molecular complexity index is 557. The van der Waals surface area contributed by atoms with E-state index in [1.165, 1.54) is 5.56 Å². The molecule has 1 unspecified atom stereocenters. The molecule has 0 fully saturated rings. The van der Waals surface area contributed by atoms with Crippen molar-refractivity contribution >= 4 is 11.0 Å². The van der Waals surface area contributed by atoms with Crippen molar-refractivity contribution in [1.29, 1.82) is 0 Å². The maximum Gasteiger partial charge on any atom is 0.112 e. The summed E-state index contributed by atoms with van der Waals surface area (Å²) in [6, 6.07) is 6.24. The van der Waals surface area contributed by atoms with Gasteiger partial charge in [-0.05, 0) is 38.5 Å². The van der Waals surface area contributed by atoms with Crippen LogP contribution < -0.4 is 5.73 Å². The molecule has 0 aliphatic heterocycles. The van der Waals surface area contributed by atoms with Gasteiger partial charge in [-0.3, -0.25) is 0 Å². The van der Waals surface area contributed by atoms with E-state index < -0.39 is 5.60 Å². The third-order valence-corrected chi connectivity index (χ3v) is 3.28. The predicted octanol–water partition coefficient (Wildman–Crippen LogP) is 1.62. The molecular formula is C14H21N3O. The number of hydrogen-bond acceptors (Lipinski definition) is 3. The van der Waals surface area contributed by atoms with Gasteiger partial charge in [-0.15, -0.1) is 0 Å². The highest BCUT2D eigenvalue weighted by Crippen LogP contribution is 2.20. The molecule has 4 heteroatoms. The molecule has 0 bridgehead atoms. The van der Waals surface area contributed by atoms with Crippen LogP contribution in [0.5, 0.6) is 0 Å². The molecule has 0 aliphatic carbocycles. The fraction of sp³-hybridized carbons (Fsp3) is 0.500. The Morgan fingerprint density at radius 2 is 2.17 bits per heavy atom. The van der Waals surface area contributed by atoms with Crippen molar-refractivity contribution in [2.45, 2.75) is 39.3 Å². The molecular weight excluding hydrogens is 226 g/mol. The number of hydrogen-bond donors (Lipinski definition) is 2. The summed E-state index contributed by atoms with van der Waals surface area (Å²) in [7, 11) is 0. The number of nitrogens with two attached hydrogens (primary N) is 1. The van der Waals surface area contributed by atoms with E-state index in [9.17, 15) is 5.11 Å². The summed E-state index contributed by atoms with van der Waals surface area (Å²) in [6.45, 7) is 6.97. The maximum absolute atomic E-state index is 10.1. The third kappa shape index (κ3) is 2.40. The fourth-order valence-electron chi connectivity index (χ4n) is 2.19. The standard InChI is InChI=1S/C14H21N3O/c1-4-17-12-6-5-10(2)7-11(12)16-13(17)8-14(3,18)9-15/h5-7,18H,4,8-9,15H2,1-3H3. The van der Waals surface area contributed by atoms with E-state index in [0.717, 1.165) is 23.4 Å². The number of aliphatic hydroxyl groups is 1. The normalized spacial score (nSPS) is 14.9. The lowest BCUT2D eigenvalue weighted by Gasteiger charge is -2.20. The van der Waals surface area contributed by atoms with Crippen molar-refractivity contribution in [1.82, 2.24) is 9.55 Å². The van der Waals surface area contributed by atoms with E-state index >= 15 is 0 Å². The second kappa shape index (κ2) is 4.71. The summed E-state index contributed by atoms with van der Waals surface area (Å²) in [4.78, 5) is 4.62. The smallest absolute Gasteiger partial charge is 0.112 e. The van der Waals surface area contributed by atoms with Gasteiger partial charge in [0, 0.05) is 19.5 Å². The first-order chi connectivity index (χ1) is 8.46. The average molecular weight is 247 g/mol. The van der Waals surface area contributed by atoms with E-state index in [-0.39, 0.29) is 6.54 Å². The van der Waals surface area contributed by atoms with Gasteiger partial charge in [0.25, 0.3) is 0 Å². The van der Waals surface area contributed by atoms with Gasteiger partial charge in [-0.2, -0.15) is 0 Å². The lowest BCUT2D eigenvalue weighted by Crippen LogP contribution is -2.37. The summed E-state index contributed by atoms with van der Waals surface area (Å²) in [6.07, 6.45) is 0.477. The fourth-order valence-corrected chi connectivity index (χ4v) is 2.19. The first-order valence-electron chi connectivity index (χ1n) is 6.35. The molecule has 3 N–H and O–H groups in total. The van der Waals surface area contributed by atoms with Crippen LogP contribution in [0, 0.1) is 6.92 Å². The van der Waals surface area contributed by atoms with E-state index in [1.807, 2.05) is 0 Å². The van der Waals surface area contributed by atoms with Crippen molar-refractivity contribution in [2.75, 3.05) is 6.54 Å². The molecule has 0 aliphatic rings. The van der Waals surface area contributed by atoms with Crippen LogP contribution >= 0.6 is 0 Å². The molecule has 4 nitrogen and oxygen atoms in total. The van der Waals surface area contributed by atoms with Gasteiger partial charge in [-0.1, -0.05) is 6.07 Å². The first-order valence-corrected chi connectivity index (χ1v) is 6.35. The molecule has 1 atom stereocenters. The highest BCUT2D eigenvalue weighted by atomic mass is 16.3. The lowest BCUT2D eigenvalue weighted by atomic mass is 10.0. The van der Waals surface area contributed by atoms with E-state index in [4.69, 9.17) is 5.73 Å². The van der Waals surface area contributed by atoms with E-state index in [0.29, 0.717) is 6.42 Å². The van der Waals surface area contributed by atoms with Crippen LogP contribution in [0.4, 0.5) is 0 Å². The van der Waals surface area contributed by atoms with Crippen LogP contribution in [0.15, 0.2) is 18.2 Å². The van der Waals surface area contributed by atoms with Crippen molar-refractivity contribution in [3.63, 3.8) is 0 Å². The SMILES string of the molecule is CCn1c(CC(C)(O)CN)nc2cc(C)ccc21. The van der Waals surface area contributed by atoms with E-state index in [2.05, 4.69) is 41.6 Å². The van der Waals surface area contributed by atoms with Gasteiger partial charge in [0.15, 0.2) is 0 Å². The van der Waals surface area contributed by atoms with Crippen LogP contribution in [-0.4, -0.2) is 26.8 Å². The van der Waals surface area contributed by atoms with Crippen LogP contribution in [-0.2, 0) is 13.0 Å². The number of nitrogens with zero attached hydrogens (tertiary/aromatic N) is 2. The molecule has 0 spiro atoms. The second-order valence-corrected chi connectivity index (χ2v) is 5.14. The summed E-state index contributed by atoms with van der Waals surface area (Å²) >= 11 is 0. The average Bonchev–Trinajstić information content (AvgIpc) is 2.64. The maximum atomic E-state index is 10.1. The number of fused-ring (bicyclic) bond motifs is 1. The highest BCUT2D eigenvalue weighted by molar-refractivity contribution is 5.76. The molecule has 2 rings (SSSR count). The summed E-state index contributed by atoms with van der Waals surface area (Å²) in [5.74, 6) is 0.897. The van der Waals surface area contributed by atoms with Gasteiger partial charge in [0.05, 0.1) is 16.6 Å². The largest absolute Gasteiger partial charge is 0.388 e. The predicted molar refractivity (Wildman–Crippen MR) is 73.5 cm³/mol. The van der Waals surface area contributed by atoms with Gasteiger partial charge in [0.1, 0.15) is 5.82 Å². The monoisotopic (exact) mass is 247 g/mol. The minimum absolute atomic E-state index is 0.235. The number of aromatic nitrogens is 2. The van der Waals surface area contributed by atoms with Gasteiger partial charge >= 0.3 is 0 Å². The topological polar surface area (TPSA) is 64.1 Å². The van der Waals surface area contributed by atoms with Crippen LogP contribution in [0.25, 0.3) is 11.0 Å². The van der Waals surface area contributed by atoms with Crippen LogP contribution in [0.1, 0.15) is 25.2 Å². The molecule has 0 radical (unpaired) electrons. The molecule has 1 aromatic carbocycles. The molecule has 1 heterocycles. The van der Waals surface area contributed by atoms with Crippen molar-refractivity contribution in [3.8, 4) is 0 Å². The molecule has 98 valence electrons. The Morgan fingerprint density at radius 1 is 1.44 bits per heavy atom. The van der Waals surface area contributed by atoms with Crippen molar-refractivity contribution in [2.24, 2.45) is 5.73 Å². The minimum atomic E-state index is -0.899. The number of aryl methyl sites for hydroxylation is 2. The Kier molecular flexibility index (Phi) is 3.41. The Labute approximate surface area is 107 Å². The molecule has 0 saturated heterocycles. The molecule has 2 aromatic rings. The minimum Gasteiger partial charge on any atom is -0.388 e. The number of imidazole rings is 1. The Balaban J connectivity index is 2.50. The molecule has 1 aromatic heterocycles. The zero-order valence-electron chi connectivity index (χ0n) is 11.3. The molecule has 0 saturated carbocycles. The van der Waals surface area contributed by atoms with Gasteiger partial charge in [0.2, 0.25) is 0 Å². The van der Waals surface area contributed by atoms with Gasteiger partial charge in [-0.25, -0.2) is 4.98 Å². The zero-order chi connectivity index (χ0) is 13.3. The summed E-state index contributed by atoms with van der Waals surface area (Å²) in [5.41, 5.74) is 7.97. The Hall–Kier alpha value is -1.39. The van der Waals surface area contributed by atoms with Crippen LogP contribution in [0.2, 0.25) is 0 Å². The van der Waals surface area contributed by atoms with Crippen molar-refractivity contribution in [3.05, 3.63) is 29.6 Å². The highest BCUT2D eigenvalue weighted by Gasteiger charge is 2.22. The lowest BCUT2D eigenvalue weighted by molar-refractivity contribution is 0.0668. The summed E-state index contributed by atoms with van der Waals surface area (Å²) in [5, 5.41) is 10.1. The quantitative estimate of drug-likeness (QED) is 0.863. The number of benzene rings is 1. The molecule has 18 heavy (non-hydrogen) atoms. The Morgan fingerprint density at radius 3 is 2.78 bits per heavy atom. The molecule has 0 amide bonds. The summed E-state index contributed by atoms with van der Waals surface area (Å²) < 4.78 is 2.14.